The lowest BCUT2D eigenvalue weighted by Gasteiger charge is -2.30. The zero-order chi connectivity index (χ0) is 13.1. The Morgan fingerprint density at radius 1 is 1.22 bits per heavy atom. The molecule has 3 nitrogen and oxygen atoms in total. The van der Waals surface area contributed by atoms with Crippen molar-refractivity contribution >= 4 is 16.8 Å². The molecule has 3 heteroatoms. The zero-order valence-corrected chi connectivity index (χ0v) is 11.3. The molecule has 2 aromatic rings. The van der Waals surface area contributed by atoms with Gasteiger partial charge in [-0.2, -0.15) is 0 Å². The van der Waals surface area contributed by atoms with Crippen LogP contribution in [0.1, 0.15) is 36.3 Å². The van der Waals surface area contributed by atoms with E-state index in [1.54, 1.807) is 0 Å². The lowest BCUT2D eigenvalue weighted by Crippen LogP contribution is -2.42. The quantitative estimate of drug-likeness (QED) is 0.820. The first-order valence-corrected chi connectivity index (χ1v) is 6.63. The van der Waals surface area contributed by atoms with Gasteiger partial charge in [0.15, 0.2) is 0 Å². The highest BCUT2D eigenvalue weighted by atomic mass is 16.2. The second-order valence-corrected chi connectivity index (χ2v) is 4.42. The number of hydrogen-bond acceptors (Lipinski definition) is 1. The van der Waals surface area contributed by atoms with Gasteiger partial charge in [0.2, 0.25) is 0 Å². The van der Waals surface area contributed by atoms with E-state index in [0.717, 1.165) is 30.4 Å². The number of nitrogens with zero attached hydrogens (tertiary/aromatic N) is 1. The Balaban J connectivity index is 0.000000574. The second-order valence-electron chi connectivity index (χ2n) is 4.42. The fourth-order valence-corrected chi connectivity index (χ4v) is 2.05. The molecular formula is C15H20N2O. The number of hydrogen-bond donors (Lipinski definition) is 1. The van der Waals surface area contributed by atoms with E-state index in [9.17, 15) is 4.79 Å². The number of fused-ring (bicyclic) bond motifs is 1. The molecule has 1 amide bonds. The highest BCUT2D eigenvalue weighted by Crippen LogP contribution is 2.19. The van der Waals surface area contributed by atoms with Gasteiger partial charge in [0.1, 0.15) is 5.69 Å². The van der Waals surface area contributed by atoms with Crippen molar-refractivity contribution < 1.29 is 4.79 Å². The number of rotatable bonds is 1. The number of carbonyl (C=O) groups excluding carboxylic acids is 1. The van der Waals surface area contributed by atoms with Gasteiger partial charge in [-0.1, -0.05) is 26.0 Å². The second kappa shape index (κ2) is 5.25. The third-order valence-electron chi connectivity index (χ3n) is 3.15. The predicted molar refractivity (Wildman–Crippen MR) is 74.9 cm³/mol. The van der Waals surface area contributed by atoms with E-state index in [1.807, 2.05) is 30.9 Å². The third kappa shape index (κ3) is 2.26. The Bertz CT molecular complexity index is 553. The Hall–Kier alpha value is -1.77. The minimum Gasteiger partial charge on any atom is -0.351 e. The van der Waals surface area contributed by atoms with Crippen LogP contribution in [0.25, 0.3) is 10.9 Å². The largest absolute Gasteiger partial charge is 0.351 e. The van der Waals surface area contributed by atoms with Crippen LogP contribution in [0.5, 0.6) is 0 Å². The van der Waals surface area contributed by atoms with Gasteiger partial charge in [0.25, 0.3) is 5.91 Å². The number of likely N-dealkylation sites (tertiary alicyclic amines) is 1. The molecule has 1 aromatic heterocycles. The number of carbonyl (C=O) groups is 1. The molecule has 0 unspecified atom stereocenters. The average molecular weight is 244 g/mol. The molecule has 1 aromatic carbocycles. The van der Waals surface area contributed by atoms with Crippen LogP contribution in [0.3, 0.4) is 0 Å². The molecule has 0 saturated carbocycles. The van der Waals surface area contributed by atoms with Crippen LogP contribution in [0.15, 0.2) is 24.3 Å². The first-order valence-electron chi connectivity index (χ1n) is 6.63. The van der Waals surface area contributed by atoms with Crippen molar-refractivity contribution in [2.75, 3.05) is 13.1 Å². The van der Waals surface area contributed by atoms with E-state index < -0.39 is 0 Å². The number of nitrogens with one attached hydrogen (secondary N) is 1. The van der Waals surface area contributed by atoms with Gasteiger partial charge in [-0.3, -0.25) is 4.79 Å². The standard InChI is InChI=1S/C13H14N2O.C2H6/c1-9-3-4-10-8-12(14-11(10)7-9)13(16)15-5-2-6-15;1-2/h3-4,7-8,14H,2,5-6H2,1H3;1-2H3. The molecule has 3 rings (SSSR count). The van der Waals surface area contributed by atoms with Gasteiger partial charge >= 0.3 is 0 Å². The van der Waals surface area contributed by atoms with Crippen molar-refractivity contribution in [1.82, 2.24) is 9.88 Å². The van der Waals surface area contributed by atoms with E-state index in [1.165, 1.54) is 5.56 Å². The lowest BCUT2D eigenvalue weighted by atomic mass is 10.2. The topological polar surface area (TPSA) is 36.1 Å². The molecule has 96 valence electrons. The summed E-state index contributed by atoms with van der Waals surface area (Å²) in [6.07, 6.45) is 1.13. The van der Waals surface area contributed by atoms with Crippen molar-refractivity contribution in [1.29, 1.82) is 0 Å². The zero-order valence-electron chi connectivity index (χ0n) is 11.3. The first kappa shape index (κ1) is 12.7. The van der Waals surface area contributed by atoms with E-state index in [0.29, 0.717) is 5.69 Å². The van der Waals surface area contributed by atoms with Crippen molar-refractivity contribution in [3.63, 3.8) is 0 Å². The van der Waals surface area contributed by atoms with E-state index in [2.05, 4.69) is 24.0 Å². The van der Waals surface area contributed by atoms with Crippen molar-refractivity contribution in [3.05, 3.63) is 35.5 Å². The molecule has 0 bridgehead atoms. The van der Waals surface area contributed by atoms with Gasteiger partial charge in [-0.25, -0.2) is 0 Å². The Labute approximate surface area is 108 Å². The predicted octanol–water partition coefficient (Wildman–Crippen LogP) is 3.35. The fourth-order valence-electron chi connectivity index (χ4n) is 2.05. The van der Waals surface area contributed by atoms with Crippen LogP contribution >= 0.6 is 0 Å². The van der Waals surface area contributed by atoms with Gasteiger partial charge in [-0.15, -0.1) is 0 Å². The summed E-state index contributed by atoms with van der Waals surface area (Å²) in [4.78, 5) is 17.0. The maximum atomic E-state index is 12.0. The van der Waals surface area contributed by atoms with E-state index in [4.69, 9.17) is 0 Å². The third-order valence-corrected chi connectivity index (χ3v) is 3.15. The monoisotopic (exact) mass is 244 g/mol. The van der Waals surface area contributed by atoms with Crippen LogP contribution in [-0.2, 0) is 0 Å². The van der Waals surface area contributed by atoms with Crippen LogP contribution in [-0.4, -0.2) is 28.9 Å². The van der Waals surface area contributed by atoms with Crippen molar-refractivity contribution in [3.8, 4) is 0 Å². The van der Waals surface area contributed by atoms with Gasteiger partial charge in [0, 0.05) is 24.0 Å². The summed E-state index contributed by atoms with van der Waals surface area (Å²) in [5, 5.41) is 1.11. The molecule has 1 saturated heterocycles. The first-order chi connectivity index (χ1) is 8.74. The van der Waals surface area contributed by atoms with Crippen LogP contribution in [0, 0.1) is 6.92 Å². The summed E-state index contributed by atoms with van der Waals surface area (Å²) in [5.41, 5.74) is 2.96. The van der Waals surface area contributed by atoms with Gasteiger partial charge in [0.05, 0.1) is 0 Å². The normalized spacial score (nSPS) is 13.8. The number of aromatic nitrogens is 1. The molecule has 2 heterocycles. The van der Waals surface area contributed by atoms with Gasteiger partial charge in [-0.05, 0) is 31.0 Å². The number of aromatic amines is 1. The molecule has 0 radical (unpaired) electrons. The fraction of sp³-hybridized carbons (Fsp3) is 0.400. The summed E-state index contributed by atoms with van der Waals surface area (Å²) >= 11 is 0. The molecular weight excluding hydrogens is 224 g/mol. The number of benzene rings is 1. The van der Waals surface area contributed by atoms with Crippen LogP contribution in [0.4, 0.5) is 0 Å². The lowest BCUT2D eigenvalue weighted by molar-refractivity contribution is 0.0646. The van der Waals surface area contributed by atoms with Crippen molar-refractivity contribution in [2.45, 2.75) is 27.2 Å². The number of aryl methyl sites for hydroxylation is 1. The minimum atomic E-state index is 0.125. The maximum absolute atomic E-state index is 12.0. The molecule has 0 spiro atoms. The van der Waals surface area contributed by atoms with E-state index >= 15 is 0 Å². The van der Waals surface area contributed by atoms with Crippen LogP contribution < -0.4 is 0 Å². The van der Waals surface area contributed by atoms with Gasteiger partial charge < -0.3 is 9.88 Å². The summed E-state index contributed by atoms with van der Waals surface area (Å²) in [5.74, 6) is 0.125. The highest BCUT2D eigenvalue weighted by Gasteiger charge is 2.22. The molecule has 0 atom stereocenters. The summed E-state index contributed by atoms with van der Waals surface area (Å²) in [6.45, 7) is 7.84. The molecule has 1 aliphatic rings. The molecule has 1 N–H and O–H groups in total. The molecule has 1 fully saturated rings. The number of H-pyrrole nitrogens is 1. The maximum Gasteiger partial charge on any atom is 0.270 e. The molecule has 1 aliphatic heterocycles. The highest BCUT2D eigenvalue weighted by molar-refractivity contribution is 5.98. The summed E-state index contributed by atoms with van der Waals surface area (Å²) in [7, 11) is 0. The minimum absolute atomic E-state index is 0.125. The Kier molecular flexibility index (Phi) is 3.70. The smallest absolute Gasteiger partial charge is 0.270 e. The van der Waals surface area contributed by atoms with E-state index in [-0.39, 0.29) is 5.91 Å². The van der Waals surface area contributed by atoms with Crippen LogP contribution in [0.2, 0.25) is 0 Å². The average Bonchev–Trinajstić information content (AvgIpc) is 2.72. The molecule has 0 aliphatic carbocycles. The summed E-state index contributed by atoms with van der Waals surface area (Å²) < 4.78 is 0. The Morgan fingerprint density at radius 2 is 1.94 bits per heavy atom. The SMILES string of the molecule is CC.Cc1ccc2cc(C(=O)N3CCC3)[nH]c2c1. The Morgan fingerprint density at radius 3 is 2.56 bits per heavy atom. The van der Waals surface area contributed by atoms with Crippen molar-refractivity contribution in [2.24, 2.45) is 0 Å². The number of amides is 1. The summed E-state index contributed by atoms with van der Waals surface area (Å²) in [6, 6.07) is 8.12. The molecule has 18 heavy (non-hydrogen) atoms.